The van der Waals surface area contributed by atoms with E-state index in [1.54, 1.807) is 0 Å². The number of carboxylic acid groups (broad SMARTS) is 12. The zero-order valence-corrected chi connectivity index (χ0v) is 79.6. The highest BCUT2D eigenvalue weighted by atomic mass is 16.4. The Labute approximate surface area is 806 Å². The Hall–Kier alpha value is -9.96. The third-order valence-electron chi connectivity index (χ3n) is 27.4. The molecule has 784 valence electrons. The van der Waals surface area contributed by atoms with Gasteiger partial charge in [0.05, 0.1) is 129 Å². The molecule has 9 aliphatic heterocycles. The van der Waals surface area contributed by atoms with Crippen LogP contribution in [0.4, 0.5) is 0 Å². The fourth-order valence-corrected chi connectivity index (χ4v) is 20.4. The van der Waals surface area contributed by atoms with E-state index in [0.29, 0.717) is 0 Å². The number of hydrogen-bond acceptors (Lipinski definition) is 44. The number of carbonyl (C=O) groups excluding carboxylic acids is 8. The topological polar surface area (TPSA) is 697 Å². The Kier molecular flexibility index (Phi) is 42.1. The average Bonchev–Trinajstić information content (AvgIpc) is 0.743. The predicted molar refractivity (Wildman–Crippen MR) is 483 cm³/mol. The molecule has 0 aromatic heterocycles. The minimum Gasteiger partial charge on any atom is -0.480 e. The maximum Gasteiger partial charge on any atom is 0.317 e. The summed E-state index contributed by atoms with van der Waals surface area (Å²) < 4.78 is 0. The molecule has 0 aromatic rings. The van der Waals surface area contributed by atoms with Gasteiger partial charge in [-0.05, 0) is 27.7 Å². The first-order chi connectivity index (χ1) is 66.1. The van der Waals surface area contributed by atoms with Gasteiger partial charge in [-0.1, -0.05) is 0 Å². The monoisotopic (exact) mass is 1990 g/mol. The molecule has 0 radical (unpaired) electrons. The summed E-state index contributed by atoms with van der Waals surface area (Å²) in [5, 5.41) is 151. The summed E-state index contributed by atoms with van der Waals surface area (Å²) >= 11 is 0. The van der Waals surface area contributed by atoms with Crippen LogP contribution >= 0.6 is 0 Å². The molecule has 9 fully saturated rings. The van der Waals surface area contributed by atoms with Crippen molar-refractivity contribution in [3.8, 4) is 0 Å². The number of nitrogens with one attached hydrogen (secondary N) is 4. The molecule has 0 saturated carbocycles. The largest absolute Gasteiger partial charge is 0.480 e. The first-order valence-corrected chi connectivity index (χ1v) is 46.7. The Morgan fingerprint density at radius 3 is 0.443 bits per heavy atom. The van der Waals surface area contributed by atoms with Crippen LogP contribution in [0, 0.1) is 0 Å². The lowest BCUT2D eigenvalue weighted by atomic mass is 9.80. The van der Waals surface area contributed by atoms with Gasteiger partial charge >= 0.3 is 71.6 Å². The van der Waals surface area contributed by atoms with Crippen molar-refractivity contribution in [3.63, 3.8) is 0 Å². The molecule has 0 bridgehead atoms. The molecule has 0 aromatic carbocycles. The van der Waals surface area contributed by atoms with E-state index >= 15 is 38.4 Å². The normalized spacial score (nSPS) is 29.0. The Balaban J connectivity index is 1.47. The van der Waals surface area contributed by atoms with Crippen molar-refractivity contribution in [3.05, 3.63) is 0 Å². The molecular formula is C84H136N24O32. The molecule has 8 atom stereocenters. The lowest BCUT2D eigenvalue weighted by Crippen LogP contribution is -2.79. The van der Waals surface area contributed by atoms with Gasteiger partial charge in [0.1, 0.15) is 0 Å². The van der Waals surface area contributed by atoms with E-state index in [4.69, 9.17) is 0 Å². The number of carboxylic acids is 12. The number of piperidine rings is 4. The molecule has 8 unspecified atom stereocenters. The molecular weight excluding hydrogens is 1860 g/mol. The van der Waals surface area contributed by atoms with Crippen molar-refractivity contribution in [1.82, 2.24) is 120 Å². The van der Waals surface area contributed by atoms with Crippen LogP contribution in [-0.2, 0) is 95.9 Å². The zero-order chi connectivity index (χ0) is 103. The third-order valence-corrected chi connectivity index (χ3v) is 27.4. The number of carbonyl (C=O) groups is 20. The summed E-state index contributed by atoms with van der Waals surface area (Å²) in [6.45, 7) is -24.9. The van der Waals surface area contributed by atoms with Gasteiger partial charge in [-0.25, -0.2) is 40.1 Å². The van der Waals surface area contributed by atoms with Gasteiger partial charge < -0.3 is 82.5 Å². The van der Waals surface area contributed by atoms with E-state index in [9.17, 15) is 119 Å². The van der Waals surface area contributed by atoms with E-state index in [1.165, 1.54) is 127 Å². The van der Waals surface area contributed by atoms with Crippen LogP contribution in [0.1, 0.15) is 27.7 Å². The molecule has 4 spiro atoms. The SMILES string of the molecule is CC1NCC(=O)C2(CN(CC(=O)O)CCN(CC(=O)O)CCN(CC(=O)O)CCN2N2CCN(N3CCN(CC(=O)O)CCN(CC(=O)O)CCN(CC(=O)O)CC34C(=O)CNC(C)C4=O)CCN(N3CCN(CC(=O)O)CCN(CC(=O)O)CCN(CC(=O)O)CC34C(=O)CNC(C)C4=O)CCN(N3CCN(CC(=O)O)CCN(CC(=O)O)CCN(CC(=O)O)CC34C(=O)CNC(C)C4=O)CC2)C1=O. The number of rotatable bonds is 28. The average molecular weight is 1990 g/mol. The van der Waals surface area contributed by atoms with Crippen molar-refractivity contribution in [1.29, 1.82) is 0 Å². The number of aliphatic carboxylic acids is 12. The van der Waals surface area contributed by atoms with E-state index in [-0.39, 0.29) is 78.5 Å². The van der Waals surface area contributed by atoms with E-state index in [2.05, 4.69) is 21.3 Å². The smallest absolute Gasteiger partial charge is 0.317 e. The summed E-state index contributed by atoms with van der Waals surface area (Å²) in [6.07, 6.45) is 0. The van der Waals surface area contributed by atoms with Crippen molar-refractivity contribution in [2.45, 2.75) is 74.0 Å². The molecule has 56 nitrogen and oxygen atoms in total. The Morgan fingerprint density at radius 1 is 0.200 bits per heavy atom. The standard InChI is InChI=1S/C84H136N24O32/c1-57-77(137)81(61(109)37-85-57)53-97(49-73(129)130)17-13-89(41-65(113)114)5-9-93(45-69(121)122)21-33-105(81)101-25-27-102(106-34-22-94(46-70(123)124)10-6-90(42-66(115)116)14-18-98(50-74(131)132)54-82(106)62(110)38-86-58(2)78(82)138)29-31-104(108-36-24-96(48-72(127)128)12-8-92(44-68(119)120)16-20-100(52-76(135)136)56-84(108)64(112)40-88-60(4)80(84)140)32-30-103(28-26-101)107-35-23-95(47-71(125)126)11-7-91(43-67(117)118)15-19-99(51-75(133)134)55-83(107)63(111)39-87-59(3)79(83)139/h57-60,85-88H,5-56H2,1-4H3,(H,113,114)(H,115,116)(H,117,118)(H,119,120)(H,121,122)(H,123,124)(H,125,126)(H,127,128)(H,129,130)(H,131,132)(H,133,134)(H,135,136). The fourth-order valence-electron chi connectivity index (χ4n) is 20.4. The second kappa shape index (κ2) is 51.8. The van der Waals surface area contributed by atoms with Crippen LogP contribution in [0.25, 0.3) is 0 Å². The summed E-state index contributed by atoms with van der Waals surface area (Å²) in [7, 11) is 0. The van der Waals surface area contributed by atoms with Crippen LogP contribution in [0.3, 0.4) is 0 Å². The lowest BCUT2D eigenvalue weighted by Gasteiger charge is -2.56. The van der Waals surface area contributed by atoms with Crippen molar-refractivity contribution in [2.24, 2.45) is 0 Å². The number of hydrazine groups is 4. The molecule has 9 aliphatic rings. The summed E-state index contributed by atoms with van der Waals surface area (Å²) in [4.78, 5) is 306. The molecule has 0 aliphatic carbocycles. The number of hydrogen-bond donors (Lipinski definition) is 16. The van der Waals surface area contributed by atoms with E-state index in [0.717, 1.165) is 0 Å². The summed E-state index contributed by atoms with van der Waals surface area (Å²) in [6, 6.07) is -5.41. The van der Waals surface area contributed by atoms with Gasteiger partial charge in [0.2, 0.25) is 0 Å². The van der Waals surface area contributed by atoms with Crippen LogP contribution in [0.5, 0.6) is 0 Å². The van der Waals surface area contributed by atoms with Crippen LogP contribution in [0.15, 0.2) is 0 Å². The number of ketones is 8. The molecule has 9 rings (SSSR count). The molecule has 16 N–H and O–H groups in total. The van der Waals surface area contributed by atoms with Gasteiger partial charge in [-0.2, -0.15) is 0 Å². The van der Waals surface area contributed by atoms with Gasteiger partial charge in [-0.15, -0.1) is 0 Å². The minimum atomic E-state index is -2.70. The highest BCUT2D eigenvalue weighted by Gasteiger charge is 2.63. The minimum absolute atomic E-state index is 0.199. The summed E-state index contributed by atoms with van der Waals surface area (Å²) in [5.74, 6) is -24.7. The van der Waals surface area contributed by atoms with Gasteiger partial charge in [0, 0.05) is 236 Å². The Bertz CT molecular complexity index is 3950. The van der Waals surface area contributed by atoms with Crippen molar-refractivity contribution < 1.29 is 157 Å². The van der Waals surface area contributed by atoms with Crippen molar-refractivity contribution >= 4 is 118 Å². The highest BCUT2D eigenvalue weighted by Crippen LogP contribution is 2.36. The molecule has 0 amide bonds. The predicted octanol–water partition coefficient (Wildman–Crippen LogP) is -13.8. The van der Waals surface area contributed by atoms with Crippen LogP contribution in [-0.4, -0.2) is 665 Å². The molecule has 9 saturated heterocycles. The van der Waals surface area contributed by atoms with Gasteiger partial charge in [0.25, 0.3) is 0 Å². The first kappa shape index (κ1) is 114. The number of Topliss-reactive ketones (excluding diaryl/α,β-unsaturated/α-hetero) is 8. The van der Waals surface area contributed by atoms with Gasteiger partial charge in [-0.3, -0.25) is 155 Å². The first-order valence-electron chi connectivity index (χ1n) is 46.7. The van der Waals surface area contributed by atoms with E-state index in [1.807, 2.05) is 0 Å². The second-order valence-electron chi connectivity index (χ2n) is 37.1. The van der Waals surface area contributed by atoms with E-state index < -0.39 is 426 Å². The maximum absolute atomic E-state index is 16.6. The van der Waals surface area contributed by atoms with Gasteiger partial charge in [0.15, 0.2) is 68.4 Å². The van der Waals surface area contributed by atoms with Crippen LogP contribution < -0.4 is 21.3 Å². The van der Waals surface area contributed by atoms with Crippen LogP contribution in [0.2, 0.25) is 0 Å². The summed E-state index contributed by atoms with van der Waals surface area (Å²) in [5.41, 5.74) is -10.8. The van der Waals surface area contributed by atoms with Crippen molar-refractivity contribution in [2.75, 3.05) is 340 Å². The second-order valence-corrected chi connectivity index (χ2v) is 37.1. The quantitative estimate of drug-likeness (QED) is 0.0324. The number of nitrogens with zero attached hydrogens (tertiary/aromatic N) is 20. The zero-order valence-electron chi connectivity index (χ0n) is 79.6. The fraction of sp³-hybridized carbons (Fsp3) is 0.762. The molecule has 56 heteroatoms. The highest BCUT2D eigenvalue weighted by molar-refractivity contribution is 6.19. The molecule has 140 heavy (non-hydrogen) atoms. The third kappa shape index (κ3) is 30.1. The Morgan fingerprint density at radius 2 is 0.314 bits per heavy atom. The molecule has 9 heterocycles. The lowest BCUT2D eigenvalue weighted by molar-refractivity contribution is -0.199. The maximum atomic E-state index is 16.6.